The Morgan fingerprint density at radius 2 is 1.89 bits per heavy atom. The number of hydrogen-bond acceptors (Lipinski definition) is 4. The third-order valence-corrected chi connectivity index (χ3v) is 3.02. The molecule has 0 aliphatic rings. The Morgan fingerprint density at radius 1 is 1.26 bits per heavy atom. The summed E-state index contributed by atoms with van der Waals surface area (Å²) in [4.78, 5) is 22.2. The molecule has 19 heavy (non-hydrogen) atoms. The Balaban J connectivity index is 4.12. The number of aliphatic hydroxyl groups is 1. The van der Waals surface area contributed by atoms with Crippen LogP contribution in [0.15, 0.2) is 11.6 Å². The zero-order chi connectivity index (χ0) is 14.8. The number of carbonyl (C=O) groups is 2. The fourth-order valence-electron chi connectivity index (χ4n) is 1.73. The van der Waals surface area contributed by atoms with E-state index in [0.717, 1.165) is 19.3 Å². The van der Waals surface area contributed by atoms with E-state index in [4.69, 9.17) is 9.84 Å². The van der Waals surface area contributed by atoms with Gasteiger partial charge in [-0.05, 0) is 39.0 Å². The van der Waals surface area contributed by atoms with Crippen molar-refractivity contribution in [2.75, 3.05) is 6.61 Å². The average Bonchev–Trinajstić information content (AvgIpc) is 2.33. The predicted molar refractivity (Wildman–Crippen MR) is 74.7 cm³/mol. The quantitative estimate of drug-likeness (QED) is 0.517. The van der Waals surface area contributed by atoms with E-state index in [1.807, 2.05) is 19.9 Å². The number of hydrogen-bond donors (Lipinski definition) is 1. The molecule has 0 bridgehead atoms. The lowest BCUT2D eigenvalue weighted by molar-refractivity contribution is -0.152. The molecule has 2 unspecified atom stereocenters. The van der Waals surface area contributed by atoms with Gasteiger partial charge in [0.05, 0.1) is 0 Å². The molecule has 110 valence electrons. The van der Waals surface area contributed by atoms with E-state index in [1.54, 1.807) is 0 Å². The lowest BCUT2D eigenvalue weighted by Gasteiger charge is -2.12. The highest BCUT2D eigenvalue weighted by Crippen LogP contribution is 2.13. The second-order valence-corrected chi connectivity index (χ2v) is 5.17. The van der Waals surface area contributed by atoms with Crippen molar-refractivity contribution in [3.05, 3.63) is 11.6 Å². The van der Waals surface area contributed by atoms with Crippen molar-refractivity contribution >= 4 is 11.8 Å². The minimum atomic E-state index is -0.663. The molecule has 0 aromatic rings. The van der Waals surface area contributed by atoms with Gasteiger partial charge in [-0.25, -0.2) is 0 Å². The fourth-order valence-corrected chi connectivity index (χ4v) is 1.73. The van der Waals surface area contributed by atoms with Gasteiger partial charge in [0.2, 0.25) is 0 Å². The van der Waals surface area contributed by atoms with Crippen LogP contribution in [-0.4, -0.2) is 29.6 Å². The van der Waals surface area contributed by atoms with Gasteiger partial charge in [0.1, 0.15) is 0 Å². The second-order valence-electron chi connectivity index (χ2n) is 5.17. The van der Waals surface area contributed by atoms with E-state index in [-0.39, 0.29) is 12.4 Å². The van der Waals surface area contributed by atoms with Crippen LogP contribution < -0.4 is 0 Å². The highest BCUT2D eigenvalue weighted by atomic mass is 16.5. The van der Waals surface area contributed by atoms with Crippen molar-refractivity contribution in [1.29, 1.82) is 0 Å². The first-order valence-electron chi connectivity index (χ1n) is 6.81. The molecule has 0 fully saturated rings. The first kappa shape index (κ1) is 17.8. The van der Waals surface area contributed by atoms with Gasteiger partial charge in [0.25, 0.3) is 0 Å². The fraction of sp³-hybridized carbons (Fsp3) is 0.733. The molecule has 0 rings (SSSR count). The summed E-state index contributed by atoms with van der Waals surface area (Å²) in [5.41, 5.74) is 1.18. The lowest BCUT2D eigenvalue weighted by atomic mass is 10.0. The summed E-state index contributed by atoms with van der Waals surface area (Å²) in [6.45, 7) is 6.99. The maximum atomic E-state index is 11.3. The molecule has 4 heteroatoms. The van der Waals surface area contributed by atoms with Gasteiger partial charge in [-0.2, -0.15) is 0 Å². The van der Waals surface area contributed by atoms with Gasteiger partial charge < -0.3 is 9.84 Å². The summed E-state index contributed by atoms with van der Waals surface area (Å²) >= 11 is 0. The van der Waals surface area contributed by atoms with Crippen LogP contribution in [0.3, 0.4) is 0 Å². The van der Waals surface area contributed by atoms with Crippen molar-refractivity contribution in [3.63, 3.8) is 0 Å². The minimum absolute atomic E-state index is 0.131. The van der Waals surface area contributed by atoms with Crippen LogP contribution in [-0.2, 0) is 14.3 Å². The highest BCUT2D eigenvalue weighted by molar-refractivity contribution is 5.83. The standard InChI is InChI=1S/C15H26O4/c1-11(6-5-7-12(2)10-16)8-9-15(13(3)17)19-14(4)18/h8,12,15-16H,5-7,9-10H2,1-4H3/b11-8+. The summed E-state index contributed by atoms with van der Waals surface area (Å²) < 4.78 is 4.96. The number of allylic oxidation sites excluding steroid dienone is 1. The van der Waals surface area contributed by atoms with Gasteiger partial charge >= 0.3 is 5.97 Å². The Labute approximate surface area is 115 Å². The normalized spacial score (nSPS) is 14.9. The first-order valence-corrected chi connectivity index (χ1v) is 6.81. The Bertz CT molecular complexity index is 320. The first-order chi connectivity index (χ1) is 8.86. The third-order valence-electron chi connectivity index (χ3n) is 3.02. The monoisotopic (exact) mass is 270 g/mol. The van der Waals surface area contributed by atoms with Crippen LogP contribution in [0.5, 0.6) is 0 Å². The number of aliphatic hydroxyl groups excluding tert-OH is 1. The zero-order valence-corrected chi connectivity index (χ0v) is 12.4. The van der Waals surface area contributed by atoms with E-state index in [2.05, 4.69) is 0 Å². The van der Waals surface area contributed by atoms with E-state index in [9.17, 15) is 9.59 Å². The van der Waals surface area contributed by atoms with Crippen LogP contribution >= 0.6 is 0 Å². The molecule has 2 atom stereocenters. The predicted octanol–water partition coefficient (Wildman–Crippen LogP) is 2.64. The van der Waals surface area contributed by atoms with Gasteiger partial charge in [0.15, 0.2) is 11.9 Å². The van der Waals surface area contributed by atoms with Crippen molar-refractivity contribution in [1.82, 2.24) is 0 Å². The number of Topliss-reactive ketones (excluding diaryl/α,β-unsaturated/α-hetero) is 1. The van der Waals surface area contributed by atoms with Crippen molar-refractivity contribution in [2.24, 2.45) is 5.92 Å². The summed E-state index contributed by atoms with van der Waals surface area (Å²) in [7, 11) is 0. The Morgan fingerprint density at radius 3 is 2.37 bits per heavy atom. The lowest BCUT2D eigenvalue weighted by Crippen LogP contribution is -2.23. The number of carbonyl (C=O) groups excluding carboxylic acids is 2. The van der Waals surface area contributed by atoms with Gasteiger partial charge in [-0.3, -0.25) is 9.59 Å². The number of rotatable bonds is 9. The van der Waals surface area contributed by atoms with Crippen LogP contribution in [0.2, 0.25) is 0 Å². The third kappa shape index (κ3) is 9.42. The molecule has 0 aliphatic carbocycles. The molecule has 0 aromatic heterocycles. The minimum Gasteiger partial charge on any atom is -0.454 e. The number of esters is 1. The molecule has 4 nitrogen and oxygen atoms in total. The van der Waals surface area contributed by atoms with Crippen LogP contribution in [0, 0.1) is 5.92 Å². The number of ketones is 1. The van der Waals surface area contributed by atoms with E-state index >= 15 is 0 Å². The van der Waals surface area contributed by atoms with Gasteiger partial charge in [0, 0.05) is 20.0 Å². The summed E-state index contributed by atoms with van der Waals surface area (Å²) in [6.07, 6.45) is 4.68. The molecule has 0 heterocycles. The average molecular weight is 270 g/mol. The topological polar surface area (TPSA) is 63.6 Å². The van der Waals surface area contributed by atoms with Crippen molar-refractivity contribution in [2.45, 2.75) is 59.5 Å². The maximum Gasteiger partial charge on any atom is 0.303 e. The van der Waals surface area contributed by atoms with Crippen molar-refractivity contribution < 1.29 is 19.4 Å². The Hall–Kier alpha value is -1.16. The van der Waals surface area contributed by atoms with Crippen molar-refractivity contribution in [3.8, 4) is 0 Å². The molecule has 0 radical (unpaired) electrons. The molecule has 0 spiro atoms. The van der Waals surface area contributed by atoms with Gasteiger partial charge in [-0.1, -0.05) is 18.6 Å². The largest absolute Gasteiger partial charge is 0.454 e. The molecule has 0 aliphatic heterocycles. The maximum absolute atomic E-state index is 11.3. The van der Waals surface area contributed by atoms with Crippen LogP contribution in [0.25, 0.3) is 0 Å². The van der Waals surface area contributed by atoms with E-state index in [0.29, 0.717) is 12.3 Å². The molecular weight excluding hydrogens is 244 g/mol. The zero-order valence-electron chi connectivity index (χ0n) is 12.4. The van der Waals surface area contributed by atoms with E-state index in [1.165, 1.54) is 19.4 Å². The molecule has 0 amide bonds. The molecule has 1 N–H and O–H groups in total. The highest BCUT2D eigenvalue weighted by Gasteiger charge is 2.15. The summed E-state index contributed by atoms with van der Waals surface area (Å²) in [5.74, 6) is -0.227. The number of ether oxygens (including phenoxy) is 1. The molecule has 0 saturated heterocycles. The summed E-state index contributed by atoms with van der Waals surface area (Å²) in [5, 5.41) is 8.92. The van der Waals surface area contributed by atoms with E-state index < -0.39 is 12.1 Å². The Kier molecular flexibility index (Phi) is 9.13. The second kappa shape index (κ2) is 9.73. The van der Waals surface area contributed by atoms with Crippen LogP contribution in [0.1, 0.15) is 53.4 Å². The summed E-state index contributed by atoms with van der Waals surface area (Å²) in [6, 6.07) is 0. The van der Waals surface area contributed by atoms with Crippen LogP contribution in [0.4, 0.5) is 0 Å². The molecule has 0 aromatic carbocycles. The van der Waals surface area contributed by atoms with Gasteiger partial charge in [-0.15, -0.1) is 0 Å². The molecule has 0 saturated carbocycles. The molecular formula is C15H26O4. The SMILES string of the molecule is CC(=O)OC(C/C=C(\C)CCCC(C)CO)C(C)=O. The smallest absolute Gasteiger partial charge is 0.303 e.